The first-order valence-electron chi connectivity index (χ1n) is 5.70. The van der Waals surface area contributed by atoms with Crippen LogP contribution in [0.4, 0.5) is 0 Å². The summed E-state index contributed by atoms with van der Waals surface area (Å²) < 4.78 is 0. The third kappa shape index (κ3) is 3.05. The lowest BCUT2D eigenvalue weighted by Crippen LogP contribution is -2.49. The monoisotopic (exact) mass is 211 g/mol. The minimum Gasteiger partial charge on any atom is -0.351 e. The van der Waals surface area contributed by atoms with Crippen molar-refractivity contribution in [2.45, 2.75) is 52.5 Å². The van der Waals surface area contributed by atoms with E-state index < -0.39 is 0 Å². The summed E-state index contributed by atoms with van der Waals surface area (Å²) in [6.07, 6.45) is 2.29. The van der Waals surface area contributed by atoms with Gasteiger partial charge in [0.1, 0.15) is 5.78 Å². The molecule has 3 nitrogen and oxygen atoms in total. The average Bonchev–Trinajstić information content (AvgIpc) is 1.97. The Balaban J connectivity index is 2.51. The van der Waals surface area contributed by atoms with E-state index in [4.69, 9.17) is 0 Å². The van der Waals surface area contributed by atoms with Crippen LogP contribution in [0.25, 0.3) is 0 Å². The summed E-state index contributed by atoms with van der Waals surface area (Å²) >= 11 is 0. The van der Waals surface area contributed by atoms with Crippen LogP contribution in [0.15, 0.2) is 0 Å². The Morgan fingerprint density at radius 2 is 1.73 bits per heavy atom. The zero-order valence-corrected chi connectivity index (χ0v) is 10.1. The highest BCUT2D eigenvalue weighted by molar-refractivity contribution is 5.90. The van der Waals surface area contributed by atoms with Gasteiger partial charge in [-0.2, -0.15) is 0 Å². The number of amides is 1. The van der Waals surface area contributed by atoms with Gasteiger partial charge >= 0.3 is 0 Å². The maximum atomic E-state index is 11.8. The van der Waals surface area contributed by atoms with Crippen molar-refractivity contribution in [1.82, 2.24) is 5.32 Å². The molecule has 86 valence electrons. The largest absolute Gasteiger partial charge is 0.351 e. The van der Waals surface area contributed by atoms with Crippen molar-refractivity contribution in [3.05, 3.63) is 0 Å². The molecule has 2 atom stereocenters. The predicted octanol–water partition coefficient (Wildman–Crippen LogP) is 1.91. The molecule has 1 saturated carbocycles. The summed E-state index contributed by atoms with van der Waals surface area (Å²) in [6, 6.07) is 0. The summed E-state index contributed by atoms with van der Waals surface area (Å²) in [5.74, 6) is 0.185. The number of rotatable bonds is 3. The van der Waals surface area contributed by atoms with Gasteiger partial charge in [-0.1, -0.05) is 6.92 Å². The summed E-state index contributed by atoms with van der Waals surface area (Å²) in [5.41, 5.74) is -0.202. The van der Waals surface area contributed by atoms with Crippen LogP contribution in [0.5, 0.6) is 0 Å². The Morgan fingerprint density at radius 3 is 2.07 bits per heavy atom. The molecule has 0 spiro atoms. The molecule has 0 aromatic heterocycles. The molecule has 0 bridgehead atoms. The topological polar surface area (TPSA) is 46.2 Å². The fourth-order valence-electron chi connectivity index (χ4n) is 1.92. The molecule has 0 aromatic rings. The van der Waals surface area contributed by atoms with Crippen LogP contribution in [0, 0.1) is 11.8 Å². The highest BCUT2D eigenvalue weighted by Gasteiger charge is 2.40. The maximum absolute atomic E-state index is 11.8. The predicted molar refractivity (Wildman–Crippen MR) is 59.4 cm³/mol. The Kier molecular flexibility index (Phi) is 3.53. The maximum Gasteiger partial charge on any atom is 0.224 e. The molecule has 2 unspecified atom stereocenters. The van der Waals surface area contributed by atoms with E-state index >= 15 is 0 Å². The first-order chi connectivity index (χ1) is 6.85. The average molecular weight is 211 g/mol. The van der Waals surface area contributed by atoms with Crippen LogP contribution >= 0.6 is 0 Å². The standard InChI is InChI=1S/C12H21NO2/c1-5-10(14)8-6-7-9(8)11(15)13-12(2,3)4/h8-9H,5-7H2,1-4H3,(H,13,15). The van der Waals surface area contributed by atoms with Gasteiger partial charge in [0.25, 0.3) is 0 Å². The number of ketones is 1. The van der Waals surface area contributed by atoms with Gasteiger partial charge in [0.15, 0.2) is 0 Å². The molecule has 1 aliphatic rings. The number of carbonyl (C=O) groups excluding carboxylic acids is 2. The van der Waals surface area contributed by atoms with E-state index in [9.17, 15) is 9.59 Å². The molecule has 0 radical (unpaired) electrons. The van der Waals surface area contributed by atoms with Gasteiger partial charge in [0.2, 0.25) is 5.91 Å². The van der Waals surface area contributed by atoms with Crippen LogP contribution in [-0.2, 0) is 9.59 Å². The first-order valence-corrected chi connectivity index (χ1v) is 5.70. The lowest BCUT2D eigenvalue weighted by atomic mass is 9.70. The molecule has 0 saturated heterocycles. The Morgan fingerprint density at radius 1 is 1.20 bits per heavy atom. The Bertz CT molecular complexity index is 265. The van der Waals surface area contributed by atoms with Gasteiger partial charge in [0.05, 0.1) is 0 Å². The van der Waals surface area contributed by atoms with Crippen molar-refractivity contribution in [2.24, 2.45) is 11.8 Å². The molecule has 0 aromatic carbocycles. The normalized spacial score (nSPS) is 25.6. The molecule has 1 rings (SSSR count). The summed E-state index contributed by atoms with van der Waals surface area (Å²) in [6.45, 7) is 7.74. The van der Waals surface area contributed by atoms with Crippen LogP contribution in [0.3, 0.4) is 0 Å². The number of hydrogen-bond acceptors (Lipinski definition) is 2. The molecular weight excluding hydrogens is 190 g/mol. The highest BCUT2D eigenvalue weighted by Crippen LogP contribution is 2.36. The zero-order chi connectivity index (χ0) is 11.6. The van der Waals surface area contributed by atoms with Gasteiger partial charge in [-0.05, 0) is 33.6 Å². The fourth-order valence-corrected chi connectivity index (χ4v) is 1.92. The molecule has 0 aliphatic heterocycles. The van der Waals surface area contributed by atoms with Gasteiger partial charge in [0, 0.05) is 23.8 Å². The molecular formula is C12H21NO2. The lowest BCUT2D eigenvalue weighted by molar-refractivity contribution is -0.140. The van der Waals surface area contributed by atoms with Gasteiger partial charge in [-0.25, -0.2) is 0 Å². The van der Waals surface area contributed by atoms with Crippen molar-refractivity contribution in [3.63, 3.8) is 0 Å². The number of Topliss-reactive ketones (excluding diaryl/α,β-unsaturated/α-hetero) is 1. The van der Waals surface area contributed by atoms with Gasteiger partial charge in [-0.3, -0.25) is 9.59 Å². The van der Waals surface area contributed by atoms with Crippen LogP contribution in [0.1, 0.15) is 47.0 Å². The van der Waals surface area contributed by atoms with Crippen LogP contribution in [0.2, 0.25) is 0 Å². The van der Waals surface area contributed by atoms with E-state index in [1.807, 2.05) is 27.7 Å². The molecule has 0 heterocycles. The van der Waals surface area contributed by atoms with Crippen molar-refractivity contribution in [3.8, 4) is 0 Å². The number of hydrogen-bond donors (Lipinski definition) is 1. The minimum atomic E-state index is -0.202. The molecule has 1 amide bonds. The SMILES string of the molecule is CCC(=O)C1CCC1C(=O)NC(C)(C)C. The van der Waals surface area contributed by atoms with E-state index in [2.05, 4.69) is 5.32 Å². The van der Waals surface area contributed by atoms with E-state index in [1.165, 1.54) is 0 Å². The summed E-state index contributed by atoms with van der Waals surface area (Å²) in [7, 11) is 0. The van der Waals surface area contributed by atoms with Crippen LogP contribution in [-0.4, -0.2) is 17.2 Å². The second-order valence-electron chi connectivity index (χ2n) is 5.35. The third-order valence-corrected chi connectivity index (χ3v) is 2.87. The number of nitrogens with one attached hydrogen (secondary N) is 1. The summed E-state index contributed by atoms with van der Waals surface area (Å²) in [4.78, 5) is 23.3. The third-order valence-electron chi connectivity index (χ3n) is 2.87. The summed E-state index contributed by atoms with van der Waals surface area (Å²) in [5, 5.41) is 2.94. The molecule has 15 heavy (non-hydrogen) atoms. The lowest BCUT2D eigenvalue weighted by Gasteiger charge is -2.36. The van der Waals surface area contributed by atoms with E-state index in [0.29, 0.717) is 6.42 Å². The van der Waals surface area contributed by atoms with Crippen molar-refractivity contribution in [1.29, 1.82) is 0 Å². The molecule has 1 aliphatic carbocycles. The van der Waals surface area contributed by atoms with Crippen molar-refractivity contribution in [2.75, 3.05) is 0 Å². The van der Waals surface area contributed by atoms with E-state index in [-0.39, 0.29) is 29.1 Å². The molecule has 3 heteroatoms. The van der Waals surface area contributed by atoms with Crippen molar-refractivity contribution >= 4 is 11.7 Å². The van der Waals surface area contributed by atoms with Crippen LogP contribution < -0.4 is 5.32 Å². The van der Waals surface area contributed by atoms with E-state index in [1.54, 1.807) is 0 Å². The molecule has 1 fully saturated rings. The van der Waals surface area contributed by atoms with Crippen molar-refractivity contribution < 1.29 is 9.59 Å². The zero-order valence-electron chi connectivity index (χ0n) is 10.1. The number of carbonyl (C=O) groups is 2. The minimum absolute atomic E-state index is 0.0163. The first kappa shape index (κ1) is 12.2. The van der Waals surface area contributed by atoms with Gasteiger partial charge < -0.3 is 5.32 Å². The fraction of sp³-hybridized carbons (Fsp3) is 0.833. The quantitative estimate of drug-likeness (QED) is 0.775. The van der Waals surface area contributed by atoms with Gasteiger partial charge in [-0.15, -0.1) is 0 Å². The molecule has 1 N–H and O–H groups in total. The van der Waals surface area contributed by atoms with E-state index in [0.717, 1.165) is 12.8 Å². The Labute approximate surface area is 91.6 Å². The highest BCUT2D eigenvalue weighted by atomic mass is 16.2. The smallest absolute Gasteiger partial charge is 0.224 e. The Hall–Kier alpha value is -0.860. The second-order valence-corrected chi connectivity index (χ2v) is 5.35. The second kappa shape index (κ2) is 4.33.